The number of nitrogens with zero attached hydrogens (tertiary/aromatic N) is 3. The summed E-state index contributed by atoms with van der Waals surface area (Å²) >= 11 is 0. The van der Waals surface area contributed by atoms with Crippen LogP contribution in [0.1, 0.15) is 71.9 Å². The number of carbonyl (C=O) groups is 2. The number of aromatic nitrogens is 2. The molecule has 0 saturated carbocycles. The number of Topliss-reactive ketones (excluding diaryl/α,β-unsaturated/α-hetero) is 1. The molecule has 2 rings (SSSR count). The fourth-order valence-electron chi connectivity index (χ4n) is 3.24. The highest BCUT2D eigenvalue weighted by Gasteiger charge is 2.30. The van der Waals surface area contributed by atoms with Gasteiger partial charge < -0.3 is 14.2 Å². The predicted octanol–water partition coefficient (Wildman–Crippen LogP) is 4.95. The first-order valence-corrected chi connectivity index (χ1v) is 10.7. The normalized spacial score (nSPS) is 12.3. The van der Waals surface area contributed by atoms with Crippen molar-refractivity contribution < 1.29 is 14.3 Å². The lowest BCUT2D eigenvalue weighted by Gasteiger charge is -2.27. The molecule has 1 aromatic carbocycles. The van der Waals surface area contributed by atoms with Gasteiger partial charge in [0.15, 0.2) is 5.82 Å². The van der Waals surface area contributed by atoms with Crippen LogP contribution in [0.5, 0.6) is 5.75 Å². The average Bonchev–Trinajstić information content (AvgIpc) is 3.00. The third kappa shape index (κ3) is 5.83. The molecule has 0 aliphatic heterocycles. The molecular weight excluding hydrogens is 378 g/mol. The number of benzene rings is 1. The topological polar surface area (TPSA) is 64.4 Å². The average molecular weight is 416 g/mol. The summed E-state index contributed by atoms with van der Waals surface area (Å²) in [5, 5.41) is 0. The predicted molar refractivity (Wildman–Crippen MR) is 121 cm³/mol. The number of amides is 1. The van der Waals surface area contributed by atoms with E-state index in [-0.39, 0.29) is 23.7 Å². The maximum absolute atomic E-state index is 13.3. The number of ether oxygens (including phenoxy) is 1. The van der Waals surface area contributed by atoms with Gasteiger partial charge in [0.1, 0.15) is 12.3 Å². The summed E-state index contributed by atoms with van der Waals surface area (Å²) in [6.45, 7) is 15.7. The first-order chi connectivity index (χ1) is 13.9. The molecule has 1 amide bonds. The van der Waals surface area contributed by atoms with Crippen molar-refractivity contribution in [1.82, 2.24) is 14.5 Å². The Morgan fingerprint density at radius 3 is 2.30 bits per heavy atom. The molecule has 0 bridgehead atoms. The Hall–Kier alpha value is -2.37. The van der Waals surface area contributed by atoms with E-state index in [1.165, 1.54) is 0 Å². The van der Waals surface area contributed by atoms with Crippen LogP contribution in [0.25, 0.3) is 11.0 Å². The minimum absolute atomic E-state index is 0.00572. The Morgan fingerprint density at radius 1 is 1.10 bits per heavy atom. The fraction of sp³-hybridized carbons (Fsp3) is 0.625. The molecule has 0 unspecified atom stereocenters. The van der Waals surface area contributed by atoms with Crippen LogP contribution >= 0.6 is 0 Å². The number of imidazole rings is 1. The van der Waals surface area contributed by atoms with Crippen LogP contribution in [0.2, 0.25) is 0 Å². The molecule has 0 atom stereocenters. The van der Waals surface area contributed by atoms with Gasteiger partial charge >= 0.3 is 0 Å². The Morgan fingerprint density at radius 2 is 1.77 bits per heavy atom. The first-order valence-electron chi connectivity index (χ1n) is 10.7. The van der Waals surface area contributed by atoms with Crippen LogP contribution in [-0.2, 0) is 11.3 Å². The molecule has 1 heterocycles. The number of fused-ring (bicyclic) bond motifs is 1. The van der Waals surface area contributed by atoms with Gasteiger partial charge in [-0.05, 0) is 30.4 Å². The maximum Gasteiger partial charge on any atom is 0.242 e. The standard InChI is InChI=1S/C24H37N3O3/c1-9-13-26(14-12-23(2,3)4)20(28)16-27-19-15-17(30-8)10-11-18(19)25-22(27)21(29)24(5,6)7/h10-11,15H,9,12-14,16H2,1-8H3. The molecule has 2 aromatic rings. The van der Waals surface area contributed by atoms with Crippen LogP contribution in [0.15, 0.2) is 18.2 Å². The highest BCUT2D eigenvalue weighted by molar-refractivity contribution is 6.00. The van der Waals surface area contributed by atoms with Crippen molar-refractivity contribution in [2.45, 2.75) is 67.9 Å². The summed E-state index contributed by atoms with van der Waals surface area (Å²) in [7, 11) is 1.60. The summed E-state index contributed by atoms with van der Waals surface area (Å²) in [4.78, 5) is 32.9. The molecule has 0 N–H and O–H groups in total. The smallest absolute Gasteiger partial charge is 0.242 e. The number of hydrogen-bond acceptors (Lipinski definition) is 4. The Labute approximate surface area is 180 Å². The van der Waals surface area contributed by atoms with E-state index in [0.29, 0.717) is 30.2 Å². The maximum atomic E-state index is 13.3. The molecule has 0 fully saturated rings. The summed E-state index contributed by atoms with van der Waals surface area (Å²) in [5.41, 5.74) is 0.978. The minimum Gasteiger partial charge on any atom is -0.497 e. The zero-order chi connectivity index (χ0) is 22.7. The molecule has 1 aromatic heterocycles. The molecule has 6 nitrogen and oxygen atoms in total. The molecule has 0 aliphatic rings. The fourth-order valence-corrected chi connectivity index (χ4v) is 3.24. The monoisotopic (exact) mass is 415 g/mol. The van der Waals surface area contributed by atoms with Gasteiger partial charge in [0, 0.05) is 24.6 Å². The van der Waals surface area contributed by atoms with Gasteiger partial charge in [-0.15, -0.1) is 0 Å². The second kappa shape index (κ2) is 9.19. The molecule has 0 radical (unpaired) electrons. The van der Waals surface area contributed by atoms with E-state index < -0.39 is 5.41 Å². The number of hydrogen-bond donors (Lipinski definition) is 0. The van der Waals surface area contributed by atoms with E-state index in [9.17, 15) is 9.59 Å². The van der Waals surface area contributed by atoms with Gasteiger partial charge in [-0.1, -0.05) is 48.5 Å². The highest BCUT2D eigenvalue weighted by Crippen LogP contribution is 2.27. The van der Waals surface area contributed by atoms with Crippen molar-refractivity contribution >= 4 is 22.7 Å². The lowest BCUT2D eigenvalue weighted by atomic mass is 9.90. The summed E-state index contributed by atoms with van der Waals surface area (Å²) in [6, 6.07) is 5.49. The third-order valence-corrected chi connectivity index (χ3v) is 5.11. The number of methoxy groups -OCH3 is 1. The zero-order valence-electron chi connectivity index (χ0n) is 19.8. The molecule has 0 saturated heterocycles. The van der Waals surface area contributed by atoms with Crippen molar-refractivity contribution in [2.75, 3.05) is 20.2 Å². The number of carbonyl (C=O) groups excluding carboxylic acids is 2. The van der Waals surface area contributed by atoms with Crippen LogP contribution in [0, 0.1) is 10.8 Å². The van der Waals surface area contributed by atoms with Crippen molar-refractivity contribution in [2.24, 2.45) is 10.8 Å². The summed E-state index contributed by atoms with van der Waals surface area (Å²) < 4.78 is 7.12. The Kier molecular flexibility index (Phi) is 7.32. The van der Waals surface area contributed by atoms with E-state index in [1.807, 2.05) is 43.9 Å². The number of ketones is 1. The molecule has 0 spiro atoms. The van der Waals surface area contributed by atoms with E-state index >= 15 is 0 Å². The number of rotatable bonds is 8. The van der Waals surface area contributed by atoms with Gasteiger partial charge in [-0.3, -0.25) is 9.59 Å². The van der Waals surface area contributed by atoms with Gasteiger partial charge in [-0.25, -0.2) is 4.98 Å². The quantitative estimate of drug-likeness (QED) is 0.572. The van der Waals surface area contributed by atoms with Gasteiger partial charge in [-0.2, -0.15) is 0 Å². The lowest BCUT2D eigenvalue weighted by molar-refractivity contribution is -0.132. The van der Waals surface area contributed by atoms with Gasteiger partial charge in [0.25, 0.3) is 0 Å². The van der Waals surface area contributed by atoms with Crippen LogP contribution in [0.3, 0.4) is 0 Å². The Balaban J connectivity index is 2.46. The lowest BCUT2D eigenvalue weighted by Crippen LogP contribution is -2.37. The molecular formula is C24H37N3O3. The second-order valence-corrected chi connectivity index (χ2v) is 10.1. The Bertz CT molecular complexity index is 901. The summed E-state index contributed by atoms with van der Waals surface area (Å²) in [5.74, 6) is 0.920. The minimum atomic E-state index is -0.596. The van der Waals surface area contributed by atoms with Crippen molar-refractivity contribution in [3.63, 3.8) is 0 Å². The van der Waals surface area contributed by atoms with E-state index in [0.717, 1.165) is 18.4 Å². The SMILES string of the molecule is CCCN(CCC(C)(C)C)C(=O)Cn1c(C(=O)C(C)(C)C)nc2ccc(OC)cc21. The van der Waals surface area contributed by atoms with E-state index in [1.54, 1.807) is 11.7 Å². The van der Waals surface area contributed by atoms with Gasteiger partial charge in [0.2, 0.25) is 11.7 Å². The van der Waals surface area contributed by atoms with Gasteiger partial charge in [0.05, 0.1) is 18.1 Å². The van der Waals surface area contributed by atoms with Crippen molar-refractivity contribution in [3.8, 4) is 5.75 Å². The molecule has 166 valence electrons. The highest BCUT2D eigenvalue weighted by atomic mass is 16.5. The largest absolute Gasteiger partial charge is 0.497 e. The summed E-state index contributed by atoms with van der Waals surface area (Å²) in [6.07, 6.45) is 1.81. The van der Waals surface area contributed by atoms with E-state index in [4.69, 9.17) is 4.74 Å². The van der Waals surface area contributed by atoms with Crippen LogP contribution in [-0.4, -0.2) is 46.3 Å². The van der Waals surface area contributed by atoms with Crippen LogP contribution in [0.4, 0.5) is 0 Å². The molecule has 6 heteroatoms. The van der Waals surface area contributed by atoms with Crippen molar-refractivity contribution in [3.05, 3.63) is 24.0 Å². The molecule has 30 heavy (non-hydrogen) atoms. The van der Waals surface area contributed by atoms with Crippen molar-refractivity contribution in [1.29, 1.82) is 0 Å². The third-order valence-electron chi connectivity index (χ3n) is 5.11. The van der Waals surface area contributed by atoms with Crippen LogP contribution < -0.4 is 4.74 Å². The molecule has 0 aliphatic carbocycles. The zero-order valence-corrected chi connectivity index (χ0v) is 19.8. The van der Waals surface area contributed by atoms with E-state index in [2.05, 4.69) is 32.7 Å². The first kappa shape index (κ1) is 23.9. The second-order valence-electron chi connectivity index (χ2n) is 10.1.